The zero-order valence-electron chi connectivity index (χ0n) is 6.22. The molecule has 0 atom stereocenters. The van der Waals surface area contributed by atoms with Gasteiger partial charge < -0.3 is 0 Å². The summed E-state index contributed by atoms with van der Waals surface area (Å²) >= 11 is 0. The molecule has 0 saturated heterocycles. The highest BCUT2D eigenvalue weighted by Crippen LogP contribution is 2.37. The molecule has 0 bridgehead atoms. The van der Waals surface area contributed by atoms with Gasteiger partial charge in [0.1, 0.15) is 0 Å². The molecule has 0 amide bonds. The van der Waals surface area contributed by atoms with Crippen molar-refractivity contribution in [3.05, 3.63) is 0 Å². The van der Waals surface area contributed by atoms with Crippen molar-refractivity contribution in [3.8, 4) is 0 Å². The van der Waals surface area contributed by atoms with Crippen LogP contribution >= 0.6 is 31.4 Å². The fourth-order valence-electron chi connectivity index (χ4n) is 0.224. The standard InChI is InChI=1S/C6H14S3/c1-4-5-7-9-8-6(2)3/h6H,4-5H2,1-3H3. The molecule has 0 spiro atoms. The summed E-state index contributed by atoms with van der Waals surface area (Å²) in [5.41, 5.74) is 0. The summed E-state index contributed by atoms with van der Waals surface area (Å²) in [7, 11) is 5.83. The van der Waals surface area contributed by atoms with Crippen LogP contribution < -0.4 is 0 Å². The first-order valence-corrected chi connectivity index (χ1v) is 6.93. The third-order valence-electron chi connectivity index (χ3n) is 0.567. The van der Waals surface area contributed by atoms with Gasteiger partial charge >= 0.3 is 0 Å². The quantitative estimate of drug-likeness (QED) is 0.468. The van der Waals surface area contributed by atoms with Gasteiger partial charge in [-0.25, -0.2) is 0 Å². The van der Waals surface area contributed by atoms with E-state index in [9.17, 15) is 0 Å². The fourth-order valence-corrected chi connectivity index (χ4v) is 4.54. The Morgan fingerprint density at radius 3 is 2.44 bits per heavy atom. The van der Waals surface area contributed by atoms with Crippen LogP contribution in [0.15, 0.2) is 0 Å². The molecule has 0 aliphatic heterocycles. The molecule has 0 fully saturated rings. The monoisotopic (exact) mass is 182 g/mol. The second-order valence-electron chi connectivity index (χ2n) is 2.03. The highest BCUT2D eigenvalue weighted by Gasteiger charge is 1.93. The summed E-state index contributed by atoms with van der Waals surface area (Å²) in [4.78, 5) is 0. The van der Waals surface area contributed by atoms with Gasteiger partial charge in [0.25, 0.3) is 0 Å². The van der Waals surface area contributed by atoms with Gasteiger partial charge in [-0.1, -0.05) is 42.4 Å². The van der Waals surface area contributed by atoms with E-state index in [0.29, 0.717) is 0 Å². The van der Waals surface area contributed by atoms with Crippen molar-refractivity contribution >= 4 is 31.4 Å². The second kappa shape index (κ2) is 7.16. The zero-order chi connectivity index (χ0) is 7.11. The van der Waals surface area contributed by atoms with Gasteiger partial charge in [0.2, 0.25) is 0 Å². The highest BCUT2D eigenvalue weighted by molar-refractivity contribution is 9.09. The maximum absolute atomic E-state index is 2.23. The van der Waals surface area contributed by atoms with E-state index in [1.54, 1.807) is 0 Å². The molecule has 0 heterocycles. The van der Waals surface area contributed by atoms with E-state index in [4.69, 9.17) is 0 Å². The minimum atomic E-state index is 0.763. The van der Waals surface area contributed by atoms with E-state index >= 15 is 0 Å². The lowest BCUT2D eigenvalue weighted by Gasteiger charge is -2.00. The Morgan fingerprint density at radius 1 is 1.33 bits per heavy atom. The van der Waals surface area contributed by atoms with E-state index in [2.05, 4.69) is 20.8 Å². The molecular formula is C6H14S3. The summed E-state index contributed by atoms with van der Waals surface area (Å²) in [6, 6.07) is 0. The zero-order valence-corrected chi connectivity index (χ0v) is 8.67. The van der Waals surface area contributed by atoms with Crippen LogP contribution in [-0.4, -0.2) is 11.0 Å². The molecular weight excluding hydrogens is 168 g/mol. The van der Waals surface area contributed by atoms with E-state index in [0.717, 1.165) is 5.25 Å². The Morgan fingerprint density at radius 2 is 2.00 bits per heavy atom. The van der Waals surface area contributed by atoms with Gasteiger partial charge in [-0.15, -0.1) is 0 Å². The molecule has 3 heteroatoms. The smallest absolute Gasteiger partial charge is 0.0103 e. The fraction of sp³-hybridized carbons (Fsp3) is 1.00. The van der Waals surface area contributed by atoms with Crippen molar-refractivity contribution in [2.45, 2.75) is 32.4 Å². The molecule has 0 N–H and O–H groups in total. The Bertz CT molecular complexity index is 54.3. The molecule has 0 saturated carbocycles. The SMILES string of the molecule is CCCSSSC(C)C. The van der Waals surface area contributed by atoms with Crippen LogP contribution in [0.5, 0.6) is 0 Å². The van der Waals surface area contributed by atoms with Crippen molar-refractivity contribution in [2.24, 2.45) is 0 Å². The van der Waals surface area contributed by atoms with Gasteiger partial charge in [0, 0.05) is 11.0 Å². The lowest BCUT2D eigenvalue weighted by atomic mass is 10.6. The molecule has 0 radical (unpaired) electrons. The van der Waals surface area contributed by atoms with Crippen LogP contribution in [0.1, 0.15) is 27.2 Å². The van der Waals surface area contributed by atoms with Crippen molar-refractivity contribution < 1.29 is 0 Å². The molecule has 0 aromatic heterocycles. The maximum atomic E-state index is 2.23. The van der Waals surface area contributed by atoms with Gasteiger partial charge in [0.05, 0.1) is 0 Å². The van der Waals surface area contributed by atoms with Crippen molar-refractivity contribution in [1.82, 2.24) is 0 Å². The predicted octanol–water partition coefficient (Wildman–Crippen LogP) is 3.83. The first kappa shape index (κ1) is 10.0. The summed E-state index contributed by atoms with van der Waals surface area (Å²) < 4.78 is 0. The Balaban J connectivity index is 2.75. The molecule has 9 heavy (non-hydrogen) atoms. The van der Waals surface area contributed by atoms with E-state index in [-0.39, 0.29) is 0 Å². The van der Waals surface area contributed by atoms with Gasteiger partial charge in [-0.2, -0.15) is 0 Å². The Kier molecular flexibility index (Phi) is 8.00. The van der Waals surface area contributed by atoms with Crippen LogP contribution in [0.2, 0.25) is 0 Å². The molecule has 0 nitrogen and oxygen atoms in total. The van der Waals surface area contributed by atoms with Gasteiger partial charge in [-0.3, -0.25) is 0 Å². The second-order valence-corrected chi connectivity index (χ2v) is 6.87. The maximum Gasteiger partial charge on any atom is 0.0103 e. The van der Waals surface area contributed by atoms with E-state index in [1.807, 2.05) is 31.4 Å². The van der Waals surface area contributed by atoms with E-state index in [1.165, 1.54) is 12.2 Å². The predicted molar refractivity (Wildman–Crippen MR) is 53.1 cm³/mol. The number of hydrogen-bond donors (Lipinski definition) is 0. The largest absolute Gasteiger partial charge is 0.0826 e. The van der Waals surface area contributed by atoms with E-state index < -0.39 is 0 Å². The highest BCUT2D eigenvalue weighted by atomic mass is 33.5. The minimum absolute atomic E-state index is 0.763. The minimum Gasteiger partial charge on any atom is -0.0826 e. The lowest BCUT2D eigenvalue weighted by Crippen LogP contribution is -1.79. The van der Waals surface area contributed by atoms with Gasteiger partial charge in [-0.05, 0) is 16.2 Å². The molecule has 0 aromatic carbocycles. The average Bonchev–Trinajstić information content (AvgIpc) is 1.80. The third-order valence-corrected chi connectivity index (χ3v) is 5.45. The third kappa shape index (κ3) is 9.05. The summed E-state index contributed by atoms with van der Waals surface area (Å²) in [6.07, 6.45) is 1.29. The van der Waals surface area contributed by atoms with Crippen LogP contribution in [-0.2, 0) is 0 Å². The molecule has 0 aromatic rings. The molecule has 56 valence electrons. The molecule has 0 aliphatic rings. The topological polar surface area (TPSA) is 0 Å². The van der Waals surface area contributed by atoms with Gasteiger partial charge in [0.15, 0.2) is 0 Å². The molecule has 0 unspecified atom stereocenters. The summed E-state index contributed by atoms with van der Waals surface area (Å²) in [6.45, 7) is 6.67. The summed E-state index contributed by atoms with van der Waals surface area (Å²) in [5, 5.41) is 0.763. The Labute approximate surface area is 69.7 Å². The van der Waals surface area contributed by atoms with Crippen LogP contribution in [0.25, 0.3) is 0 Å². The van der Waals surface area contributed by atoms with Crippen molar-refractivity contribution in [1.29, 1.82) is 0 Å². The normalized spacial score (nSPS) is 10.7. The van der Waals surface area contributed by atoms with Crippen LogP contribution in [0, 0.1) is 0 Å². The number of rotatable bonds is 5. The molecule has 0 aliphatic carbocycles. The average molecular weight is 182 g/mol. The first-order chi connectivity index (χ1) is 4.27. The van der Waals surface area contributed by atoms with Crippen molar-refractivity contribution in [3.63, 3.8) is 0 Å². The molecule has 0 rings (SSSR count). The lowest BCUT2D eigenvalue weighted by molar-refractivity contribution is 1.11. The number of hydrogen-bond acceptors (Lipinski definition) is 3. The van der Waals surface area contributed by atoms with Crippen molar-refractivity contribution in [2.75, 3.05) is 5.75 Å². The summed E-state index contributed by atoms with van der Waals surface area (Å²) in [5.74, 6) is 1.28. The Hall–Kier alpha value is 1.05. The first-order valence-electron chi connectivity index (χ1n) is 3.22. The van der Waals surface area contributed by atoms with Crippen LogP contribution in [0.3, 0.4) is 0 Å². The van der Waals surface area contributed by atoms with Crippen LogP contribution in [0.4, 0.5) is 0 Å².